The lowest BCUT2D eigenvalue weighted by Gasteiger charge is -2.00. The van der Waals surface area contributed by atoms with Gasteiger partial charge in [-0.15, -0.1) is 6.58 Å². The van der Waals surface area contributed by atoms with E-state index >= 15 is 0 Å². The molecular formula is C12H12BrN. The van der Waals surface area contributed by atoms with Gasteiger partial charge in [-0.25, -0.2) is 0 Å². The maximum Gasteiger partial charge on any atom is 0.0498 e. The summed E-state index contributed by atoms with van der Waals surface area (Å²) in [6.07, 6.45) is 4.89. The second-order valence-corrected chi connectivity index (χ2v) is 4.28. The normalized spacial score (nSPS) is 10.7. The minimum absolute atomic E-state index is 0.905. The van der Waals surface area contributed by atoms with Crippen LogP contribution in [0.25, 0.3) is 10.9 Å². The van der Waals surface area contributed by atoms with Crippen molar-refractivity contribution in [3.05, 3.63) is 46.6 Å². The molecule has 0 saturated heterocycles. The molecule has 0 bridgehead atoms. The summed E-state index contributed by atoms with van der Waals surface area (Å²) in [7, 11) is 0. The fourth-order valence-corrected chi connectivity index (χ4v) is 2.31. The largest absolute Gasteiger partial charge is 0.361 e. The zero-order valence-electron chi connectivity index (χ0n) is 8.10. The average Bonchev–Trinajstić information content (AvgIpc) is 2.58. The maximum absolute atomic E-state index is 3.77. The van der Waals surface area contributed by atoms with Crippen LogP contribution in [0.15, 0.2) is 35.5 Å². The van der Waals surface area contributed by atoms with Gasteiger partial charge < -0.3 is 4.98 Å². The first kappa shape index (κ1) is 9.53. The highest BCUT2D eigenvalue weighted by Crippen LogP contribution is 2.29. The summed E-state index contributed by atoms with van der Waals surface area (Å²) in [5.74, 6) is 0. The molecule has 1 aromatic carbocycles. The molecule has 0 atom stereocenters. The molecule has 2 rings (SSSR count). The highest BCUT2D eigenvalue weighted by atomic mass is 79.9. The number of aromatic amines is 1. The van der Waals surface area contributed by atoms with Crippen molar-refractivity contribution in [2.75, 3.05) is 0 Å². The van der Waals surface area contributed by atoms with Gasteiger partial charge in [0.2, 0.25) is 0 Å². The van der Waals surface area contributed by atoms with Crippen LogP contribution in [0.1, 0.15) is 11.1 Å². The molecule has 0 radical (unpaired) electrons. The Bertz CT molecular complexity index is 482. The molecule has 0 aliphatic carbocycles. The molecule has 1 N–H and O–H groups in total. The molecule has 0 aliphatic heterocycles. The Morgan fingerprint density at radius 3 is 3.00 bits per heavy atom. The van der Waals surface area contributed by atoms with E-state index in [-0.39, 0.29) is 0 Å². The van der Waals surface area contributed by atoms with E-state index in [1.54, 1.807) is 0 Å². The van der Waals surface area contributed by atoms with Gasteiger partial charge in [0.15, 0.2) is 0 Å². The van der Waals surface area contributed by atoms with E-state index in [9.17, 15) is 0 Å². The summed E-state index contributed by atoms with van der Waals surface area (Å²) in [4.78, 5) is 3.30. The van der Waals surface area contributed by atoms with Gasteiger partial charge in [0.05, 0.1) is 0 Å². The monoisotopic (exact) mass is 249 g/mol. The van der Waals surface area contributed by atoms with Gasteiger partial charge in [0.1, 0.15) is 0 Å². The number of nitrogens with one attached hydrogen (secondary N) is 1. The number of rotatable bonds is 2. The number of halogens is 1. The van der Waals surface area contributed by atoms with Gasteiger partial charge in [0, 0.05) is 21.6 Å². The predicted molar refractivity (Wildman–Crippen MR) is 64.6 cm³/mol. The Balaban J connectivity index is 2.76. The van der Waals surface area contributed by atoms with Gasteiger partial charge in [0.25, 0.3) is 0 Å². The maximum atomic E-state index is 3.77. The zero-order valence-corrected chi connectivity index (χ0v) is 9.69. The molecule has 0 fully saturated rings. The Morgan fingerprint density at radius 1 is 1.50 bits per heavy atom. The molecule has 2 aromatic rings. The molecule has 0 spiro atoms. The van der Waals surface area contributed by atoms with E-state index in [4.69, 9.17) is 0 Å². The summed E-state index contributed by atoms with van der Waals surface area (Å²) >= 11 is 3.58. The second kappa shape index (κ2) is 3.62. The lowest BCUT2D eigenvalue weighted by molar-refractivity contribution is 1.29. The summed E-state index contributed by atoms with van der Waals surface area (Å²) in [6.45, 7) is 5.88. The molecule has 0 amide bonds. The van der Waals surface area contributed by atoms with Crippen LogP contribution in [0.2, 0.25) is 0 Å². The van der Waals surface area contributed by atoms with Crippen LogP contribution < -0.4 is 0 Å². The third kappa shape index (κ3) is 1.40. The van der Waals surface area contributed by atoms with Crippen molar-refractivity contribution in [3.63, 3.8) is 0 Å². The number of allylic oxidation sites excluding steroid dienone is 1. The Morgan fingerprint density at radius 2 is 2.29 bits per heavy atom. The molecule has 1 heterocycles. The first-order chi connectivity index (χ1) is 6.74. The van der Waals surface area contributed by atoms with Crippen LogP contribution >= 0.6 is 15.9 Å². The highest BCUT2D eigenvalue weighted by Gasteiger charge is 2.07. The average molecular weight is 250 g/mol. The lowest BCUT2D eigenvalue weighted by Crippen LogP contribution is -1.80. The highest BCUT2D eigenvalue weighted by molar-refractivity contribution is 9.10. The van der Waals surface area contributed by atoms with Crippen LogP contribution in [-0.2, 0) is 6.42 Å². The van der Waals surface area contributed by atoms with Gasteiger partial charge in [-0.3, -0.25) is 0 Å². The van der Waals surface area contributed by atoms with Gasteiger partial charge in [-0.1, -0.05) is 28.1 Å². The summed E-state index contributed by atoms with van der Waals surface area (Å²) in [5.41, 5.74) is 3.79. The van der Waals surface area contributed by atoms with Gasteiger partial charge in [-0.05, 0) is 30.5 Å². The van der Waals surface area contributed by atoms with Crippen LogP contribution in [0.5, 0.6) is 0 Å². The molecule has 0 saturated carbocycles. The number of benzene rings is 1. The van der Waals surface area contributed by atoms with E-state index < -0.39 is 0 Å². The molecule has 1 aromatic heterocycles. The number of hydrogen-bond donors (Lipinski definition) is 1. The van der Waals surface area contributed by atoms with Crippen molar-refractivity contribution in [2.45, 2.75) is 13.3 Å². The third-order valence-electron chi connectivity index (χ3n) is 2.44. The fraction of sp³-hybridized carbons (Fsp3) is 0.167. The molecular weight excluding hydrogens is 238 g/mol. The summed E-state index contributed by atoms with van der Waals surface area (Å²) in [6, 6.07) is 4.21. The molecule has 14 heavy (non-hydrogen) atoms. The van der Waals surface area contributed by atoms with E-state index in [1.807, 2.05) is 6.08 Å². The molecule has 0 aliphatic rings. The van der Waals surface area contributed by atoms with E-state index in [0.29, 0.717) is 0 Å². The number of aromatic nitrogens is 1. The van der Waals surface area contributed by atoms with E-state index in [1.165, 1.54) is 22.0 Å². The van der Waals surface area contributed by atoms with E-state index in [0.717, 1.165) is 10.9 Å². The topological polar surface area (TPSA) is 15.8 Å². The summed E-state index contributed by atoms with van der Waals surface area (Å²) in [5, 5.41) is 1.28. The molecule has 2 heteroatoms. The van der Waals surface area contributed by atoms with Crippen molar-refractivity contribution in [3.8, 4) is 0 Å². The Kier molecular flexibility index (Phi) is 2.46. The zero-order chi connectivity index (χ0) is 10.1. The minimum atomic E-state index is 0.905. The van der Waals surface area contributed by atoms with E-state index in [2.05, 4.69) is 52.7 Å². The second-order valence-electron chi connectivity index (χ2n) is 3.42. The van der Waals surface area contributed by atoms with Crippen LogP contribution in [-0.4, -0.2) is 4.98 Å². The van der Waals surface area contributed by atoms with Crippen LogP contribution in [0.4, 0.5) is 0 Å². The van der Waals surface area contributed by atoms with Crippen molar-refractivity contribution in [2.24, 2.45) is 0 Å². The van der Waals surface area contributed by atoms with Crippen LogP contribution in [0, 0.1) is 6.92 Å². The first-order valence-corrected chi connectivity index (χ1v) is 5.39. The fourth-order valence-electron chi connectivity index (χ4n) is 1.73. The van der Waals surface area contributed by atoms with Crippen molar-refractivity contribution in [1.82, 2.24) is 4.98 Å². The van der Waals surface area contributed by atoms with Crippen LogP contribution in [0.3, 0.4) is 0 Å². The van der Waals surface area contributed by atoms with Gasteiger partial charge >= 0.3 is 0 Å². The minimum Gasteiger partial charge on any atom is -0.361 e. The Labute approximate surface area is 92.0 Å². The molecule has 0 unspecified atom stereocenters. The smallest absolute Gasteiger partial charge is 0.0498 e. The quantitative estimate of drug-likeness (QED) is 0.776. The number of H-pyrrole nitrogens is 1. The first-order valence-electron chi connectivity index (χ1n) is 4.60. The lowest BCUT2D eigenvalue weighted by atomic mass is 10.1. The van der Waals surface area contributed by atoms with Crippen molar-refractivity contribution >= 4 is 26.8 Å². The number of fused-ring (bicyclic) bond motifs is 1. The van der Waals surface area contributed by atoms with Gasteiger partial charge in [-0.2, -0.15) is 0 Å². The SMILES string of the molecule is C=CCc1c[nH]c2c(C)ccc(Br)c12. The van der Waals surface area contributed by atoms with Crippen molar-refractivity contribution in [1.29, 1.82) is 0 Å². The molecule has 72 valence electrons. The third-order valence-corrected chi connectivity index (χ3v) is 3.10. The summed E-state index contributed by atoms with van der Waals surface area (Å²) < 4.78 is 1.15. The Hall–Kier alpha value is -1.02. The van der Waals surface area contributed by atoms with Crippen molar-refractivity contribution < 1.29 is 0 Å². The number of hydrogen-bond acceptors (Lipinski definition) is 0. The molecule has 1 nitrogen and oxygen atoms in total. The standard InChI is InChI=1S/C12H12BrN/c1-3-4-9-7-14-12-8(2)5-6-10(13)11(9)12/h3,5-7,14H,1,4H2,2H3. The number of aryl methyl sites for hydroxylation is 1. The predicted octanol–water partition coefficient (Wildman–Crippen LogP) is 3.97.